The summed E-state index contributed by atoms with van der Waals surface area (Å²) in [6.07, 6.45) is 0.103. The number of halogens is 1. The van der Waals surface area contributed by atoms with E-state index in [0.717, 1.165) is 0 Å². The quantitative estimate of drug-likeness (QED) is 0.594. The minimum Gasteiger partial charge on any atom is -0.391 e. The van der Waals surface area contributed by atoms with E-state index in [4.69, 9.17) is 5.11 Å². The molecule has 0 amide bonds. The van der Waals surface area contributed by atoms with Crippen molar-refractivity contribution in [2.24, 2.45) is 0 Å². The fourth-order valence-corrected chi connectivity index (χ4v) is 0.298. The average Bonchev–Trinajstić information content (AvgIpc) is 1.83. The van der Waals surface area contributed by atoms with Gasteiger partial charge < -0.3 is 9.84 Å². The molecule has 3 heteroatoms. The minimum atomic E-state index is -0.808. The van der Waals surface area contributed by atoms with E-state index in [0.29, 0.717) is 6.42 Å². The van der Waals surface area contributed by atoms with Crippen LogP contribution in [0.4, 0.5) is 4.39 Å². The first kappa shape index (κ1) is 7.85. The van der Waals surface area contributed by atoms with Gasteiger partial charge >= 0.3 is 0 Å². The third-order valence-electron chi connectivity index (χ3n) is 0.859. The van der Waals surface area contributed by atoms with Gasteiger partial charge in [-0.15, -0.1) is 0 Å². The predicted molar refractivity (Wildman–Crippen MR) is 28.2 cm³/mol. The van der Waals surface area contributed by atoms with Gasteiger partial charge in [0.05, 0.1) is 12.7 Å². The van der Waals surface area contributed by atoms with Gasteiger partial charge in [-0.1, -0.05) is 6.92 Å². The standard InChI is InChI=1S/C5H11FO2/c1-2-5(7)3-8-4-6/h5,7H,2-4H2,1H3. The van der Waals surface area contributed by atoms with Crippen LogP contribution in [0.3, 0.4) is 0 Å². The van der Waals surface area contributed by atoms with Crippen molar-refractivity contribution < 1.29 is 14.2 Å². The second kappa shape index (κ2) is 5.00. The summed E-state index contributed by atoms with van der Waals surface area (Å²) in [7, 11) is 0. The molecule has 0 fully saturated rings. The molecule has 0 aromatic heterocycles. The molecule has 0 aromatic carbocycles. The summed E-state index contributed by atoms with van der Waals surface area (Å²) in [6.45, 7) is 1.11. The first-order chi connectivity index (χ1) is 3.81. The molecular weight excluding hydrogens is 111 g/mol. The summed E-state index contributed by atoms with van der Waals surface area (Å²) in [5.41, 5.74) is 0. The zero-order chi connectivity index (χ0) is 6.41. The lowest BCUT2D eigenvalue weighted by Crippen LogP contribution is -2.12. The summed E-state index contributed by atoms with van der Waals surface area (Å²) in [4.78, 5) is 0. The van der Waals surface area contributed by atoms with Crippen LogP contribution in [0, 0.1) is 0 Å². The molecule has 2 nitrogen and oxygen atoms in total. The lowest BCUT2D eigenvalue weighted by atomic mass is 10.3. The fourth-order valence-electron chi connectivity index (χ4n) is 0.298. The normalized spacial score (nSPS) is 13.9. The lowest BCUT2D eigenvalue weighted by molar-refractivity contribution is -0.00439. The first-order valence-electron chi connectivity index (χ1n) is 2.63. The van der Waals surface area contributed by atoms with Crippen LogP contribution >= 0.6 is 0 Å². The summed E-state index contributed by atoms with van der Waals surface area (Å²) in [5, 5.41) is 8.70. The Hall–Kier alpha value is -0.150. The minimum absolute atomic E-state index is 0.104. The van der Waals surface area contributed by atoms with Crippen molar-refractivity contribution >= 4 is 0 Å². The Morgan fingerprint density at radius 3 is 2.75 bits per heavy atom. The van der Waals surface area contributed by atoms with E-state index < -0.39 is 13.0 Å². The van der Waals surface area contributed by atoms with Gasteiger partial charge in [0.1, 0.15) is 0 Å². The molecule has 0 aliphatic heterocycles. The number of aliphatic hydroxyl groups excluding tert-OH is 1. The van der Waals surface area contributed by atoms with Crippen LogP contribution in [-0.2, 0) is 4.74 Å². The van der Waals surface area contributed by atoms with Gasteiger partial charge in [-0.2, -0.15) is 0 Å². The smallest absolute Gasteiger partial charge is 0.188 e. The van der Waals surface area contributed by atoms with Crippen LogP contribution in [0.25, 0.3) is 0 Å². The molecule has 0 radical (unpaired) electrons. The van der Waals surface area contributed by atoms with Crippen LogP contribution in [0.2, 0.25) is 0 Å². The Bertz CT molecular complexity index is 49.7. The number of hydrogen-bond donors (Lipinski definition) is 1. The molecule has 0 aromatic rings. The first-order valence-corrected chi connectivity index (χ1v) is 2.63. The predicted octanol–water partition coefficient (Wildman–Crippen LogP) is 0.701. The maximum Gasteiger partial charge on any atom is 0.188 e. The summed E-state index contributed by atoms with van der Waals surface area (Å²) in [6, 6.07) is 0. The zero-order valence-corrected chi connectivity index (χ0v) is 4.93. The Kier molecular flexibility index (Phi) is 4.90. The van der Waals surface area contributed by atoms with E-state index in [1.165, 1.54) is 0 Å². The number of rotatable bonds is 4. The molecule has 0 rings (SSSR count). The van der Waals surface area contributed by atoms with Crippen molar-refractivity contribution in [3.63, 3.8) is 0 Å². The highest BCUT2D eigenvalue weighted by molar-refractivity contribution is 4.46. The summed E-state index contributed by atoms with van der Waals surface area (Å²) >= 11 is 0. The Balaban J connectivity index is 2.86. The molecule has 0 aliphatic carbocycles. The van der Waals surface area contributed by atoms with Crippen LogP contribution in [-0.4, -0.2) is 24.7 Å². The molecule has 1 N–H and O–H groups in total. The Morgan fingerprint density at radius 2 is 2.38 bits per heavy atom. The van der Waals surface area contributed by atoms with E-state index in [9.17, 15) is 4.39 Å². The van der Waals surface area contributed by atoms with Gasteiger partial charge in [-0.25, -0.2) is 4.39 Å². The van der Waals surface area contributed by atoms with Gasteiger partial charge in [0.2, 0.25) is 0 Å². The second-order valence-corrected chi connectivity index (χ2v) is 1.54. The maximum atomic E-state index is 11.2. The van der Waals surface area contributed by atoms with Gasteiger partial charge in [0, 0.05) is 0 Å². The molecule has 0 heterocycles. The van der Waals surface area contributed by atoms with E-state index in [-0.39, 0.29) is 6.61 Å². The van der Waals surface area contributed by atoms with Crippen LogP contribution < -0.4 is 0 Å². The van der Waals surface area contributed by atoms with Gasteiger partial charge in [-0.3, -0.25) is 0 Å². The van der Waals surface area contributed by atoms with Crippen LogP contribution in [0.15, 0.2) is 0 Å². The molecule has 0 bridgehead atoms. The van der Waals surface area contributed by atoms with Crippen molar-refractivity contribution in [2.45, 2.75) is 19.4 Å². The highest BCUT2D eigenvalue weighted by Gasteiger charge is 1.97. The van der Waals surface area contributed by atoms with Crippen molar-refractivity contribution in [3.05, 3.63) is 0 Å². The summed E-state index contributed by atoms with van der Waals surface area (Å²) < 4.78 is 15.4. The molecule has 0 saturated heterocycles. The monoisotopic (exact) mass is 122 g/mol. The largest absolute Gasteiger partial charge is 0.391 e. The molecule has 0 spiro atoms. The second-order valence-electron chi connectivity index (χ2n) is 1.54. The van der Waals surface area contributed by atoms with Crippen LogP contribution in [0.1, 0.15) is 13.3 Å². The topological polar surface area (TPSA) is 29.5 Å². The Labute approximate surface area is 48.3 Å². The van der Waals surface area contributed by atoms with Crippen molar-refractivity contribution in [1.82, 2.24) is 0 Å². The third kappa shape index (κ3) is 4.02. The third-order valence-corrected chi connectivity index (χ3v) is 0.859. The molecule has 1 unspecified atom stereocenters. The lowest BCUT2D eigenvalue weighted by Gasteiger charge is -2.03. The maximum absolute atomic E-state index is 11.2. The molecule has 0 saturated carbocycles. The van der Waals surface area contributed by atoms with Crippen molar-refractivity contribution in [3.8, 4) is 0 Å². The SMILES string of the molecule is CCC(O)COCF. The number of ether oxygens (including phenoxy) is 1. The average molecular weight is 122 g/mol. The van der Waals surface area contributed by atoms with Gasteiger partial charge in [0.25, 0.3) is 0 Å². The summed E-state index contributed by atoms with van der Waals surface area (Å²) in [5.74, 6) is 0. The number of hydrogen-bond acceptors (Lipinski definition) is 2. The fraction of sp³-hybridized carbons (Fsp3) is 1.00. The molecular formula is C5H11FO2. The van der Waals surface area contributed by atoms with E-state index in [1.807, 2.05) is 6.92 Å². The van der Waals surface area contributed by atoms with E-state index in [2.05, 4.69) is 4.74 Å². The molecule has 50 valence electrons. The molecule has 8 heavy (non-hydrogen) atoms. The molecule has 0 aliphatic rings. The van der Waals surface area contributed by atoms with Crippen molar-refractivity contribution in [2.75, 3.05) is 13.5 Å². The van der Waals surface area contributed by atoms with Gasteiger partial charge in [-0.05, 0) is 6.42 Å². The van der Waals surface area contributed by atoms with Crippen molar-refractivity contribution in [1.29, 1.82) is 0 Å². The van der Waals surface area contributed by atoms with E-state index in [1.54, 1.807) is 0 Å². The highest BCUT2D eigenvalue weighted by Crippen LogP contribution is 1.89. The highest BCUT2D eigenvalue weighted by atomic mass is 19.1. The van der Waals surface area contributed by atoms with Crippen LogP contribution in [0.5, 0.6) is 0 Å². The zero-order valence-electron chi connectivity index (χ0n) is 4.93. The number of aliphatic hydroxyl groups is 1. The number of alkyl halides is 1. The Morgan fingerprint density at radius 1 is 1.75 bits per heavy atom. The van der Waals surface area contributed by atoms with Gasteiger partial charge in [0.15, 0.2) is 6.86 Å². The molecule has 1 atom stereocenters. The van der Waals surface area contributed by atoms with E-state index >= 15 is 0 Å².